The predicted molar refractivity (Wildman–Crippen MR) is 117 cm³/mol. The molecule has 158 valence electrons. The molecule has 0 fully saturated rings. The molecular weight excluding hydrogens is 380 g/mol. The van der Waals surface area contributed by atoms with Crippen LogP contribution < -0.4 is 9.64 Å². The average Bonchev–Trinajstić information content (AvgIpc) is 3.02. The van der Waals surface area contributed by atoms with Crippen LogP contribution in [-0.2, 0) is 16.0 Å². The molecule has 1 unspecified atom stereocenters. The van der Waals surface area contributed by atoms with E-state index in [1.807, 2.05) is 67.5 Å². The van der Waals surface area contributed by atoms with Crippen LogP contribution in [0.1, 0.15) is 30.5 Å². The molecule has 1 heterocycles. The highest BCUT2D eigenvalue weighted by Gasteiger charge is 2.42. The minimum atomic E-state index is -0.584. The number of anilines is 1. The van der Waals surface area contributed by atoms with Crippen molar-refractivity contribution in [1.82, 2.24) is 4.90 Å². The monoisotopic (exact) mass is 408 g/mol. The third-order valence-corrected chi connectivity index (χ3v) is 5.45. The molecule has 1 aliphatic rings. The quantitative estimate of drug-likeness (QED) is 0.722. The maximum Gasteiger partial charge on any atom is 0.290 e. The Morgan fingerprint density at radius 1 is 1.10 bits per heavy atom. The molecule has 1 aliphatic heterocycles. The Labute approximate surface area is 177 Å². The van der Waals surface area contributed by atoms with Gasteiger partial charge < -0.3 is 19.6 Å². The molecule has 0 aliphatic carbocycles. The zero-order chi connectivity index (χ0) is 21.8. The van der Waals surface area contributed by atoms with E-state index < -0.39 is 17.7 Å². The molecule has 3 rings (SSSR count). The Morgan fingerprint density at radius 3 is 2.27 bits per heavy atom. The van der Waals surface area contributed by atoms with Gasteiger partial charge in [-0.05, 0) is 41.8 Å². The number of carbonyl (C=O) groups is 2. The lowest BCUT2D eigenvalue weighted by Gasteiger charge is -2.27. The predicted octanol–water partition coefficient (Wildman–Crippen LogP) is 3.68. The Morgan fingerprint density at radius 2 is 1.73 bits per heavy atom. The standard InChI is InChI=1S/C24H28N2O4/c1-5-20(27)21-22(17-8-10-18(11-9-17)25(2)3)26(24(29)23(21)28)15-14-16-6-12-19(30-4)13-7-16/h6-13,22,28H,5,14-15H2,1-4H3. The molecular formula is C24H28N2O4. The van der Waals surface area contributed by atoms with Gasteiger partial charge in [-0.15, -0.1) is 0 Å². The molecule has 0 radical (unpaired) electrons. The summed E-state index contributed by atoms with van der Waals surface area (Å²) in [4.78, 5) is 29.0. The number of nitrogens with zero attached hydrogens (tertiary/aromatic N) is 2. The van der Waals surface area contributed by atoms with Gasteiger partial charge in [0.2, 0.25) is 0 Å². The first-order valence-corrected chi connectivity index (χ1v) is 10.0. The average molecular weight is 408 g/mol. The first-order chi connectivity index (χ1) is 14.4. The van der Waals surface area contributed by atoms with Crippen LogP contribution in [0.15, 0.2) is 59.9 Å². The fourth-order valence-electron chi connectivity index (χ4n) is 3.70. The zero-order valence-corrected chi connectivity index (χ0v) is 17.9. The van der Waals surface area contributed by atoms with E-state index in [-0.39, 0.29) is 17.8 Å². The molecule has 0 spiro atoms. The number of carbonyl (C=O) groups excluding carboxylic acids is 2. The number of rotatable bonds is 8. The lowest BCUT2D eigenvalue weighted by Crippen LogP contribution is -2.33. The second-order valence-corrected chi connectivity index (χ2v) is 7.52. The summed E-state index contributed by atoms with van der Waals surface area (Å²) in [5, 5.41) is 10.5. The molecule has 0 saturated heterocycles. The van der Waals surface area contributed by atoms with E-state index in [1.165, 1.54) is 0 Å². The zero-order valence-electron chi connectivity index (χ0n) is 17.9. The van der Waals surface area contributed by atoms with Gasteiger partial charge in [0.25, 0.3) is 5.91 Å². The van der Waals surface area contributed by atoms with Gasteiger partial charge in [0.05, 0.1) is 18.7 Å². The van der Waals surface area contributed by atoms with Gasteiger partial charge in [-0.3, -0.25) is 9.59 Å². The van der Waals surface area contributed by atoms with Crippen LogP contribution in [0.2, 0.25) is 0 Å². The summed E-state index contributed by atoms with van der Waals surface area (Å²) in [6.07, 6.45) is 0.828. The Kier molecular flexibility index (Phi) is 6.45. The summed E-state index contributed by atoms with van der Waals surface area (Å²) >= 11 is 0. The van der Waals surface area contributed by atoms with Crippen LogP contribution in [-0.4, -0.2) is 49.4 Å². The van der Waals surface area contributed by atoms with Gasteiger partial charge in [0.15, 0.2) is 11.5 Å². The fraction of sp³-hybridized carbons (Fsp3) is 0.333. The van der Waals surface area contributed by atoms with Crippen molar-refractivity contribution in [2.24, 2.45) is 0 Å². The van der Waals surface area contributed by atoms with E-state index in [2.05, 4.69) is 0 Å². The van der Waals surface area contributed by atoms with E-state index in [0.717, 1.165) is 22.6 Å². The Balaban J connectivity index is 1.91. The number of methoxy groups -OCH3 is 1. The van der Waals surface area contributed by atoms with Crippen LogP contribution in [0.5, 0.6) is 5.75 Å². The first-order valence-electron chi connectivity index (χ1n) is 10.0. The van der Waals surface area contributed by atoms with E-state index in [9.17, 15) is 14.7 Å². The van der Waals surface area contributed by atoms with Crippen LogP contribution in [0, 0.1) is 0 Å². The summed E-state index contributed by atoms with van der Waals surface area (Å²) in [6.45, 7) is 2.12. The van der Waals surface area contributed by atoms with Gasteiger partial charge in [-0.25, -0.2) is 0 Å². The van der Waals surface area contributed by atoms with Gasteiger partial charge in [0.1, 0.15) is 5.75 Å². The van der Waals surface area contributed by atoms with E-state index in [4.69, 9.17) is 4.74 Å². The Hall–Kier alpha value is -3.28. The van der Waals surface area contributed by atoms with Crippen LogP contribution in [0.4, 0.5) is 5.69 Å². The molecule has 30 heavy (non-hydrogen) atoms. The van der Waals surface area contributed by atoms with Crippen LogP contribution >= 0.6 is 0 Å². The fourth-order valence-corrected chi connectivity index (χ4v) is 3.70. The van der Waals surface area contributed by atoms with E-state index in [0.29, 0.717) is 13.0 Å². The van der Waals surface area contributed by atoms with Crippen molar-refractivity contribution in [1.29, 1.82) is 0 Å². The van der Waals surface area contributed by atoms with Gasteiger partial charge >= 0.3 is 0 Å². The number of amides is 1. The summed E-state index contributed by atoms with van der Waals surface area (Å²) in [5.41, 5.74) is 3.06. The van der Waals surface area contributed by atoms with Crippen LogP contribution in [0.3, 0.4) is 0 Å². The largest absolute Gasteiger partial charge is 0.503 e. The lowest BCUT2D eigenvalue weighted by molar-refractivity contribution is -0.129. The minimum absolute atomic E-state index is 0.190. The molecule has 2 aromatic carbocycles. The normalized spacial score (nSPS) is 16.2. The number of Topliss-reactive ketones (excluding diaryl/α,β-unsaturated/α-hetero) is 1. The number of hydrogen-bond donors (Lipinski definition) is 1. The van der Waals surface area contributed by atoms with E-state index >= 15 is 0 Å². The topological polar surface area (TPSA) is 70.1 Å². The van der Waals surface area contributed by atoms with Crippen molar-refractivity contribution in [3.63, 3.8) is 0 Å². The summed E-state index contributed by atoms with van der Waals surface area (Å²) < 4.78 is 5.19. The maximum atomic E-state index is 12.9. The molecule has 1 atom stereocenters. The SMILES string of the molecule is CCC(=O)C1=C(O)C(=O)N(CCc2ccc(OC)cc2)C1c1ccc(N(C)C)cc1. The second-order valence-electron chi connectivity index (χ2n) is 7.52. The summed E-state index contributed by atoms with van der Waals surface area (Å²) in [5.74, 6) is -0.375. The summed E-state index contributed by atoms with van der Waals surface area (Å²) in [7, 11) is 5.52. The molecule has 1 amide bonds. The maximum absolute atomic E-state index is 12.9. The third-order valence-electron chi connectivity index (χ3n) is 5.45. The van der Waals surface area contributed by atoms with Gasteiger partial charge in [-0.2, -0.15) is 0 Å². The van der Waals surface area contributed by atoms with Crippen LogP contribution in [0.25, 0.3) is 0 Å². The molecule has 1 N–H and O–H groups in total. The van der Waals surface area contributed by atoms with Crippen molar-refractivity contribution in [3.05, 3.63) is 71.0 Å². The number of ether oxygens (including phenoxy) is 1. The first kappa shape index (κ1) is 21.4. The highest BCUT2D eigenvalue weighted by Crippen LogP contribution is 2.38. The second kappa shape index (κ2) is 9.03. The highest BCUT2D eigenvalue weighted by atomic mass is 16.5. The van der Waals surface area contributed by atoms with Crippen molar-refractivity contribution in [2.75, 3.05) is 32.6 Å². The number of ketones is 1. The van der Waals surface area contributed by atoms with Crippen molar-refractivity contribution in [3.8, 4) is 5.75 Å². The van der Waals surface area contributed by atoms with E-state index in [1.54, 1.807) is 18.9 Å². The number of aliphatic hydroxyl groups is 1. The van der Waals surface area contributed by atoms with Crippen molar-refractivity contribution in [2.45, 2.75) is 25.8 Å². The van der Waals surface area contributed by atoms with Crippen molar-refractivity contribution >= 4 is 17.4 Å². The summed E-state index contributed by atoms with van der Waals surface area (Å²) in [6, 6.07) is 14.8. The molecule has 6 nitrogen and oxygen atoms in total. The molecule has 6 heteroatoms. The number of benzene rings is 2. The molecule has 0 saturated carbocycles. The molecule has 0 bridgehead atoms. The van der Waals surface area contributed by atoms with Crippen molar-refractivity contribution < 1.29 is 19.4 Å². The van der Waals surface area contributed by atoms with Gasteiger partial charge in [-0.1, -0.05) is 31.2 Å². The number of aliphatic hydroxyl groups excluding tert-OH is 1. The smallest absolute Gasteiger partial charge is 0.290 e. The lowest BCUT2D eigenvalue weighted by atomic mass is 9.94. The molecule has 2 aromatic rings. The third kappa shape index (κ3) is 4.17. The Bertz CT molecular complexity index is 946. The molecule has 0 aromatic heterocycles. The highest BCUT2D eigenvalue weighted by molar-refractivity contribution is 6.08. The number of hydrogen-bond acceptors (Lipinski definition) is 5. The van der Waals surface area contributed by atoms with Gasteiger partial charge in [0, 0.05) is 32.7 Å². The minimum Gasteiger partial charge on any atom is -0.503 e.